The molecule has 0 atom stereocenters. The highest BCUT2D eigenvalue weighted by atomic mass is 35.5. The molecule has 0 radical (unpaired) electrons. The van der Waals surface area contributed by atoms with Gasteiger partial charge < -0.3 is 0 Å². The molecule has 0 bridgehead atoms. The molecule has 0 fully saturated rings. The minimum atomic E-state index is 0. The molecule has 32 heavy (non-hydrogen) atoms. The van der Waals surface area contributed by atoms with Crippen LogP contribution < -0.4 is 10.9 Å². The summed E-state index contributed by atoms with van der Waals surface area (Å²) < 4.78 is 0. The number of hydrogen-bond donors (Lipinski definition) is 2. The van der Waals surface area contributed by atoms with Crippen molar-refractivity contribution in [1.29, 1.82) is 0 Å². The smallest absolute Gasteiger partial charge is 0.244 e. The van der Waals surface area contributed by atoms with Crippen LogP contribution in [0.1, 0.15) is 16.7 Å². The summed E-state index contributed by atoms with van der Waals surface area (Å²) in [5.41, 5.74) is 8.14. The Morgan fingerprint density at radius 1 is 0.562 bits per heavy atom. The maximum atomic E-state index is 5.89. The van der Waals surface area contributed by atoms with Gasteiger partial charge in [-0.05, 0) is 53.1 Å². The molecule has 0 aliphatic rings. The number of benzene rings is 3. The molecule has 2 N–H and O–H groups in total. The minimum Gasteiger partial charge on any atom is -0.244 e. The van der Waals surface area contributed by atoms with Crippen molar-refractivity contribution in [3.63, 3.8) is 0 Å². The SMILES string of the molecule is Cl.Clc1ccc(C=NN=C(NN=Cc2ccc(Cl)cc2)NN=Cc2ccc(Cl)cc2)cc1. The zero-order chi connectivity index (χ0) is 21.9. The molecule has 0 aliphatic carbocycles. The number of halogens is 4. The summed E-state index contributed by atoms with van der Waals surface area (Å²) in [7, 11) is 0. The van der Waals surface area contributed by atoms with Crippen molar-refractivity contribution >= 4 is 71.8 Å². The maximum absolute atomic E-state index is 5.89. The third kappa shape index (κ3) is 9.08. The van der Waals surface area contributed by atoms with Gasteiger partial charge in [0.1, 0.15) is 0 Å². The second-order valence-electron chi connectivity index (χ2n) is 6.09. The Labute approximate surface area is 207 Å². The Morgan fingerprint density at radius 3 is 1.28 bits per heavy atom. The van der Waals surface area contributed by atoms with E-state index in [1.54, 1.807) is 55.0 Å². The molecule has 3 aromatic carbocycles. The van der Waals surface area contributed by atoms with Gasteiger partial charge in [0, 0.05) is 15.1 Å². The molecule has 6 nitrogen and oxygen atoms in total. The number of rotatable bonds is 6. The zero-order valence-electron chi connectivity index (χ0n) is 16.5. The first-order valence-electron chi connectivity index (χ1n) is 9.04. The van der Waals surface area contributed by atoms with E-state index >= 15 is 0 Å². The molecule has 164 valence electrons. The van der Waals surface area contributed by atoms with Crippen molar-refractivity contribution in [2.24, 2.45) is 20.4 Å². The number of hydrazone groups is 2. The van der Waals surface area contributed by atoms with Crippen LogP contribution >= 0.6 is 47.2 Å². The molecule has 3 aromatic rings. The lowest BCUT2D eigenvalue weighted by atomic mass is 10.2. The van der Waals surface area contributed by atoms with E-state index in [-0.39, 0.29) is 18.4 Å². The number of guanidine groups is 1. The van der Waals surface area contributed by atoms with E-state index in [1.807, 2.05) is 36.4 Å². The average molecular weight is 508 g/mol. The van der Waals surface area contributed by atoms with Crippen molar-refractivity contribution in [3.8, 4) is 0 Å². The standard InChI is InChI=1S/C22H17Cl3N6.ClH/c23-19-7-1-16(2-8-19)13-26-29-22(30-27-14-17-3-9-20(24)10-4-17)31-28-15-18-5-11-21(25)12-6-18;/h1-15H,(H2,29,30,31);1H. The van der Waals surface area contributed by atoms with Crippen LogP contribution in [0.25, 0.3) is 0 Å². The second kappa shape index (κ2) is 13.5. The Hall–Kier alpha value is -2.90. The van der Waals surface area contributed by atoms with Gasteiger partial charge in [0.2, 0.25) is 0 Å². The summed E-state index contributed by atoms with van der Waals surface area (Å²) in [6, 6.07) is 21.7. The average Bonchev–Trinajstić information content (AvgIpc) is 2.77. The van der Waals surface area contributed by atoms with Gasteiger partial charge in [-0.3, -0.25) is 0 Å². The molecule has 0 amide bonds. The second-order valence-corrected chi connectivity index (χ2v) is 7.40. The fourth-order valence-corrected chi connectivity index (χ4v) is 2.58. The Bertz CT molecular complexity index is 1030. The molecule has 0 aromatic heterocycles. The first-order chi connectivity index (χ1) is 15.1. The van der Waals surface area contributed by atoms with Crippen LogP contribution in [0, 0.1) is 0 Å². The fourth-order valence-electron chi connectivity index (χ4n) is 2.21. The summed E-state index contributed by atoms with van der Waals surface area (Å²) in [6.07, 6.45) is 4.84. The van der Waals surface area contributed by atoms with Crippen LogP contribution in [0.4, 0.5) is 0 Å². The predicted molar refractivity (Wildman–Crippen MR) is 138 cm³/mol. The molecule has 0 aliphatic heterocycles. The molecule has 3 rings (SSSR count). The largest absolute Gasteiger partial charge is 0.257 e. The molecular formula is C22H18Cl4N6. The quantitative estimate of drug-likeness (QED) is 0.243. The lowest BCUT2D eigenvalue weighted by Crippen LogP contribution is -2.30. The van der Waals surface area contributed by atoms with Gasteiger partial charge in [-0.15, -0.1) is 17.5 Å². The van der Waals surface area contributed by atoms with E-state index in [0.717, 1.165) is 16.7 Å². The van der Waals surface area contributed by atoms with E-state index in [4.69, 9.17) is 34.8 Å². The number of nitrogens with zero attached hydrogens (tertiary/aromatic N) is 4. The van der Waals surface area contributed by atoms with Gasteiger partial charge in [-0.25, -0.2) is 10.9 Å². The number of nitrogens with one attached hydrogen (secondary N) is 2. The lowest BCUT2D eigenvalue weighted by molar-refractivity contribution is 0.890. The Balaban J connectivity index is 0.00000363. The van der Waals surface area contributed by atoms with Gasteiger partial charge >= 0.3 is 0 Å². The summed E-state index contributed by atoms with van der Waals surface area (Å²) in [5.74, 6) is 0.223. The first kappa shape index (κ1) is 25.4. The molecule has 0 saturated carbocycles. The highest BCUT2D eigenvalue weighted by Gasteiger charge is 1.96. The van der Waals surface area contributed by atoms with Crippen LogP contribution in [0.5, 0.6) is 0 Å². The van der Waals surface area contributed by atoms with Gasteiger partial charge in [0.15, 0.2) is 0 Å². The van der Waals surface area contributed by atoms with Crippen molar-refractivity contribution in [3.05, 3.63) is 105 Å². The summed E-state index contributed by atoms with van der Waals surface area (Å²) in [5, 5.41) is 18.4. The maximum Gasteiger partial charge on any atom is 0.257 e. The molecule has 0 saturated heterocycles. The lowest BCUT2D eigenvalue weighted by Gasteiger charge is -2.02. The van der Waals surface area contributed by atoms with Crippen molar-refractivity contribution in [1.82, 2.24) is 10.9 Å². The van der Waals surface area contributed by atoms with Gasteiger partial charge in [-0.2, -0.15) is 15.3 Å². The van der Waals surface area contributed by atoms with E-state index in [1.165, 1.54) is 0 Å². The van der Waals surface area contributed by atoms with Crippen LogP contribution in [-0.4, -0.2) is 24.6 Å². The van der Waals surface area contributed by atoms with E-state index in [0.29, 0.717) is 15.1 Å². The van der Waals surface area contributed by atoms with Crippen molar-refractivity contribution in [2.45, 2.75) is 0 Å². The topological polar surface area (TPSA) is 73.5 Å². The highest BCUT2D eigenvalue weighted by molar-refractivity contribution is 6.31. The predicted octanol–water partition coefficient (Wildman–Crippen LogP) is 6.01. The Morgan fingerprint density at radius 2 is 0.906 bits per heavy atom. The summed E-state index contributed by atoms with van der Waals surface area (Å²) >= 11 is 17.7. The van der Waals surface area contributed by atoms with E-state index in [9.17, 15) is 0 Å². The van der Waals surface area contributed by atoms with E-state index < -0.39 is 0 Å². The van der Waals surface area contributed by atoms with Gasteiger partial charge in [0.25, 0.3) is 5.96 Å². The number of hydrogen-bond acceptors (Lipinski definition) is 4. The molecule has 0 spiro atoms. The van der Waals surface area contributed by atoms with Gasteiger partial charge in [0.05, 0.1) is 18.6 Å². The first-order valence-corrected chi connectivity index (χ1v) is 10.2. The molecule has 10 heteroatoms. The molecular weight excluding hydrogens is 490 g/mol. The fraction of sp³-hybridized carbons (Fsp3) is 0. The van der Waals surface area contributed by atoms with Gasteiger partial charge in [-0.1, -0.05) is 71.2 Å². The van der Waals surface area contributed by atoms with Crippen molar-refractivity contribution in [2.75, 3.05) is 0 Å². The minimum absolute atomic E-state index is 0. The van der Waals surface area contributed by atoms with Crippen molar-refractivity contribution < 1.29 is 0 Å². The highest BCUT2D eigenvalue weighted by Crippen LogP contribution is 2.09. The molecule has 0 heterocycles. The summed E-state index contributed by atoms with van der Waals surface area (Å²) in [4.78, 5) is 0. The Kier molecular flexibility index (Phi) is 10.7. The monoisotopic (exact) mass is 506 g/mol. The van der Waals surface area contributed by atoms with Crippen LogP contribution in [-0.2, 0) is 0 Å². The third-order valence-electron chi connectivity index (χ3n) is 3.74. The summed E-state index contributed by atoms with van der Waals surface area (Å²) in [6.45, 7) is 0. The zero-order valence-corrected chi connectivity index (χ0v) is 19.6. The van der Waals surface area contributed by atoms with Crippen LogP contribution in [0.15, 0.2) is 93.2 Å². The third-order valence-corrected chi connectivity index (χ3v) is 4.50. The van der Waals surface area contributed by atoms with Crippen LogP contribution in [0.3, 0.4) is 0 Å². The van der Waals surface area contributed by atoms with Crippen LogP contribution in [0.2, 0.25) is 15.1 Å². The van der Waals surface area contributed by atoms with E-state index in [2.05, 4.69) is 31.3 Å². The normalized spacial score (nSPS) is 11.0. The molecule has 0 unspecified atom stereocenters.